The molecule has 0 saturated carbocycles. The Morgan fingerprint density at radius 2 is 1.73 bits per heavy atom. The molecule has 5 heteroatoms. The maximum atomic E-state index is 13.1. The van der Waals surface area contributed by atoms with E-state index in [-0.39, 0.29) is 5.91 Å². The van der Waals surface area contributed by atoms with E-state index < -0.39 is 0 Å². The van der Waals surface area contributed by atoms with Crippen molar-refractivity contribution in [2.75, 3.05) is 26.3 Å². The van der Waals surface area contributed by atoms with Crippen molar-refractivity contribution in [2.24, 2.45) is 0 Å². The van der Waals surface area contributed by atoms with Crippen molar-refractivity contribution in [3.8, 4) is 11.3 Å². The van der Waals surface area contributed by atoms with Crippen LogP contribution in [0.2, 0.25) is 0 Å². The fraction of sp³-hybridized carbons (Fsp3) is 0.238. The van der Waals surface area contributed by atoms with Gasteiger partial charge in [-0.3, -0.25) is 10.2 Å². The summed E-state index contributed by atoms with van der Waals surface area (Å²) in [4.78, 5) is 17.9. The molecule has 0 spiro atoms. The van der Waals surface area contributed by atoms with Gasteiger partial charge in [-0.1, -0.05) is 48.5 Å². The SMILES string of the molecule is Cc1c(-c2ccccc2)nc2ccccc2c1C(=O)NN1CCOCC1. The molecule has 0 aliphatic carbocycles. The number of hydrazine groups is 1. The maximum Gasteiger partial charge on any atom is 0.266 e. The predicted molar refractivity (Wildman–Crippen MR) is 102 cm³/mol. The van der Waals surface area contributed by atoms with E-state index in [0.29, 0.717) is 31.9 Å². The van der Waals surface area contributed by atoms with Gasteiger partial charge in [-0.25, -0.2) is 9.99 Å². The molecule has 1 fully saturated rings. The van der Waals surface area contributed by atoms with Crippen molar-refractivity contribution in [1.29, 1.82) is 0 Å². The van der Waals surface area contributed by atoms with E-state index in [2.05, 4.69) is 5.43 Å². The summed E-state index contributed by atoms with van der Waals surface area (Å²) in [5.41, 5.74) is 7.28. The summed E-state index contributed by atoms with van der Waals surface area (Å²) < 4.78 is 5.35. The van der Waals surface area contributed by atoms with Crippen molar-refractivity contribution >= 4 is 16.8 Å². The van der Waals surface area contributed by atoms with Crippen LogP contribution in [0.25, 0.3) is 22.2 Å². The van der Waals surface area contributed by atoms with Crippen molar-refractivity contribution in [2.45, 2.75) is 6.92 Å². The normalized spacial score (nSPS) is 15.1. The number of fused-ring (bicyclic) bond motifs is 1. The quantitative estimate of drug-likeness (QED) is 0.791. The zero-order valence-corrected chi connectivity index (χ0v) is 14.7. The number of carbonyl (C=O) groups is 1. The first-order valence-corrected chi connectivity index (χ1v) is 8.82. The van der Waals surface area contributed by atoms with E-state index in [9.17, 15) is 4.79 Å². The van der Waals surface area contributed by atoms with Gasteiger partial charge in [0.2, 0.25) is 0 Å². The molecule has 1 saturated heterocycles. The lowest BCUT2D eigenvalue weighted by atomic mass is 9.97. The maximum absolute atomic E-state index is 13.1. The minimum absolute atomic E-state index is 0.0971. The average molecular weight is 347 g/mol. The Labute approximate surface area is 152 Å². The van der Waals surface area contributed by atoms with Crippen molar-refractivity contribution in [3.63, 3.8) is 0 Å². The molecule has 132 valence electrons. The summed E-state index contributed by atoms with van der Waals surface area (Å²) in [6.07, 6.45) is 0. The van der Waals surface area contributed by atoms with Gasteiger partial charge >= 0.3 is 0 Å². The van der Waals surface area contributed by atoms with Crippen molar-refractivity contribution in [3.05, 3.63) is 65.7 Å². The monoisotopic (exact) mass is 347 g/mol. The second-order valence-electron chi connectivity index (χ2n) is 6.38. The van der Waals surface area contributed by atoms with Gasteiger partial charge in [0, 0.05) is 24.0 Å². The third-order valence-electron chi connectivity index (χ3n) is 4.68. The number of nitrogens with zero attached hydrogens (tertiary/aromatic N) is 2. The van der Waals surface area contributed by atoms with Crippen LogP contribution in [0.1, 0.15) is 15.9 Å². The van der Waals surface area contributed by atoms with Crippen LogP contribution in [0.5, 0.6) is 0 Å². The van der Waals surface area contributed by atoms with Crippen LogP contribution in [0.3, 0.4) is 0 Å². The first-order chi connectivity index (χ1) is 12.7. The van der Waals surface area contributed by atoms with Crippen LogP contribution in [0.15, 0.2) is 54.6 Å². The minimum Gasteiger partial charge on any atom is -0.379 e. The number of benzene rings is 2. The van der Waals surface area contributed by atoms with Crippen molar-refractivity contribution in [1.82, 2.24) is 15.4 Å². The fourth-order valence-corrected chi connectivity index (χ4v) is 3.35. The number of ether oxygens (including phenoxy) is 1. The Kier molecular flexibility index (Phi) is 4.65. The highest BCUT2D eigenvalue weighted by atomic mass is 16.5. The van der Waals surface area contributed by atoms with Crippen LogP contribution in [-0.2, 0) is 4.74 Å². The Balaban J connectivity index is 1.81. The smallest absolute Gasteiger partial charge is 0.266 e. The average Bonchev–Trinajstić information content (AvgIpc) is 2.69. The number of hydrogen-bond acceptors (Lipinski definition) is 4. The molecule has 2 aromatic carbocycles. The lowest BCUT2D eigenvalue weighted by Gasteiger charge is -2.27. The predicted octanol–water partition coefficient (Wildman–Crippen LogP) is 3.19. The summed E-state index contributed by atoms with van der Waals surface area (Å²) in [7, 11) is 0. The molecule has 0 bridgehead atoms. The van der Waals surface area contributed by atoms with Gasteiger partial charge in [-0.15, -0.1) is 0 Å². The van der Waals surface area contributed by atoms with Crippen LogP contribution >= 0.6 is 0 Å². The molecule has 1 amide bonds. The molecule has 1 aromatic heterocycles. The van der Waals surface area contributed by atoms with Crippen LogP contribution in [-0.4, -0.2) is 42.2 Å². The summed E-state index contributed by atoms with van der Waals surface area (Å²) in [6.45, 7) is 4.62. The lowest BCUT2D eigenvalue weighted by molar-refractivity contribution is 0.0126. The van der Waals surface area contributed by atoms with E-state index in [4.69, 9.17) is 9.72 Å². The molecule has 4 rings (SSSR count). The van der Waals surface area contributed by atoms with E-state index in [1.807, 2.05) is 66.5 Å². The topological polar surface area (TPSA) is 54.5 Å². The third-order valence-corrected chi connectivity index (χ3v) is 4.68. The van der Waals surface area contributed by atoms with Gasteiger partial charge in [0.25, 0.3) is 5.91 Å². The van der Waals surface area contributed by atoms with E-state index >= 15 is 0 Å². The lowest BCUT2D eigenvalue weighted by Crippen LogP contribution is -2.48. The number of amides is 1. The highest BCUT2D eigenvalue weighted by Gasteiger charge is 2.21. The van der Waals surface area contributed by atoms with E-state index in [0.717, 1.165) is 27.7 Å². The van der Waals surface area contributed by atoms with Gasteiger partial charge in [0.1, 0.15) is 0 Å². The molecule has 0 radical (unpaired) electrons. The molecule has 5 nitrogen and oxygen atoms in total. The van der Waals surface area contributed by atoms with Crippen LogP contribution in [0.4, 0.5) is 0 Å². The zero-order valence-electron chi connectivity index (χ0n) is 14.7. The standard InChI is InChI=1S/C21H21N3O2/c1-15-19(21(25)23-24-11-13-26-14-12-24)17-9-5-6-10-18(17)22-20(15)16-7-3-2-4-8-16/h2-10H,11-14H2,1H3,(H,23,25). The first kappa shape index (κ1) is 16.7. The number of aromatic nitrogens is 1. The van der Waals surface area contributed by atoms with Gasteiger partial charge in [-0.2, -0.15) is 0 Å². The summed E-state index contributed by atoms with van der Waals surface area (Å²) in [5, 5.41) is 2.79. The number of morpholine rings is 1. The Hall–Kier alpha value is -2.76. The molecular weight excluding hydrogens is 326 g/mol. The number of nitrogens with one attached hydrogen (secondary N) is 1. The van der Waals surface area contributed by atoms with Gasteiger partial charge < -0.3 is 4.74 Å². The molecule has 2 heterocycles. The highest BCUT2D eigenvalue weighted by Crippen LogP contribution is 2.29. The largest absolute Gasteiger partial charge is 0.379 e. The van der Waals surface area contributed by atoms with Gasteiger partial charge in [-0.05, 0) is 18.6 Å². The molecule has 26 heavy (non-hydrogen) atoms. The zero-order chi connectivity index (χ0) is 17.9. The van der Waals surface area contributed by atoms with E-state index in [1.54, 1.807) is 0 Å². The number of pyridine rings is 1. The summed E-state index contributed by atoms with van der Waals surface area (Å²) >= 11 is 0. The number of rotatable bonds is 3. The molecule has 1 N–H and O–H groups in total. The molecule has 1 aliphatic rings. The number of hydrogen-bond donors (Lipinski definition) is 1. The minimum atomic E-state index is -0.0971. The molecule has 0 atom stereocenters. The summed E-state index contributed by atoms with van der Waals surface area (Å²) in [6, 6.07) is 17.8. The van der Waals surface area contributed by atoms with Crippen LogP contribution < -0.4 is 5.43 Å². The Morgan fingerprint density at radius 3 is 2.50 bits per heavy atom. The molecule has 3 aromatic rings. The highest BCUT2D eigenvalue weighted by molar-refractivity contribution is 6.08. The van der Waals surface area contributed by atoms with Gasteiger partial charge in [0.05, 0.1) is 30.0 Å². The Morgan fingerprint density at radius 1 is 1.04 bits per heavy atom. The Bertz CT molecular complexity index is 935. The molecular formula is C21H21N3O2. The number of carbonyl (C=O) groups excluding carboxylic acids is 1. The van der Waals surface area contributed by atoms with E-state index in [1.165, 1.54) is 0 Å². The third kappa shape index (κ3) is 3.19. The molecule has 1 aliphatic heterocycles. The second-order valence-corrected chi connectivity index (χ2v) is 6.38. The van der Waals surface area contributed by atoms with Crippen molar-refractivity contribution < 1.29 is 9.53 Å². The fourth-order valence-electron chi connectivity index (χ4n) is 3.35. The van der Waals surface area contributed by atoms with Crippen LogP contribution in [0, 0.1) is 6.92 Å². The first-order valence-electron chi connectivity index (χ1n) is 8.82. The summed E-state index contributed by atoms with van der Waals surface area (Å²) in [5.74, 6) is -0.0971. The van der Waals surface area contributed by atoms with Gasteiger partial charge in [0.15, 0.2) is 0 Å². The second kappa shape index (κ2) is 7.23. The number of para-hydroxylation sites is 1. The molecule has 0 unspecified atom stereocenters.